The Morgan fingerprint density at radius 2 is 1.38 bits per heavy atom. The van der Waals surface area contributed by atoms with E-state index in [1.165, 1.54) is 90.1 Å². The van der Waals surface area contributed by atoms with Gasteiger partial charge in [0.1, 0.15) is 18.1 Å². The lowest BCUT2D eigenvalue weighted by Gasteiger charge is -2.52. The van der Waals surface area contributed by atoms with Crippen LogP contribution in [-0.2, 0) is 9.47 Å². The first-order valence-corrected chi connectivity index (χ1v) is 15.1. The predicted octanol–water partition coefficient (Wildman–Crippen LogP) is 5.70. The largest absolute Gasteiger partial charge is 0.386 e. The molecule has 7 atom stereocenters. The summed E-state index contributed by atoms with van der Waals surface area (Å²) in [6.07, 6.45) is 21.8. The number of piperidine rings is 2. The van der Waals surface area contributed by atoms with Crippen LogP contribution in [-0.4, -0.2) is 71.4 Å². The number of rotatable bonds is 0. The SMILES string of the molecule is C[C@@H]1CN2CCC[C@@]3(O)CCCCCC[C@H]4CCN5CCC[C@@H](CCCCCC[C@@H]1O[C@@H]23)[C@H]5O4. The number of ether oxygens (including phenoxy) is 2. The van der Waals surface area contributed by atoms with Crippen molar-refractivity contribution >= 4 is 0 Å². The van der Waals surface area contributed by atoms with E-state index < -0.39 is 5.60 Å². The minimum atomic E-state index is -0.649. The van der Waals surface area contributed by atoms with Gasteiger partial charge in [0.05, 0.1) is 12.2 Å². The molecular weight excluding hydrogens is 424 g/mol. The zero-order valence-corrected chi connectivity index (χ0v) is 22.0. The fourth-order valence-corrected chi connectivity index (χ4v) is 7.85. The van der Waals surface area contributed by atoms with Crippen molar-refractivity contribution in [3.05, 3.63) is 0 Å². The normalized spacial score (nSPS) is 44.3. The van der Waals surface area contributed by atoms with Gasteiger partial charge >= 0.3 is 0 Å². The van der Waals surface area contributed by atoms with E-state index in [0.717, 1.165) is 51.1 Å². The molecule has 0 spiro atoms. The molecule has 5 fully saturated rings. The van der Waals surface area contributed by atoms with Crippen molar-refractivity contribution in [2.45, 2.75) is 146 Å². The topological polar surface area (TPSA) is 45.2 Å². The highest BCUT2D eigenvalue weighted by Gasteiger charge is 2.48. The van der Waals surface area contributed by atoms with Crippen molar-refractivity contribution in [2.24, 2.45) is 11.8 Å². The second-order valence-corrected chi connectivity index (χ2v) is 12.5. The Balaban J connectivity index is 1.20. The summed E-state index contributed by atoms with van der Waals surface area (Å²) >= 11 is 0. The lowest BCUT2D eigenvalue weighted by molar-refractivity contribution is -0.258. The van der Waals surface area contributed by atoms with Crippen molar-refractivity contribution in [2.75, 3.05) is 26.2 Å². The molecule has 5 nitrogen and oxygen atoms in total. The molecule has 0 unspecified atom stereocenters. The summed E-state index contributed by atoms with van der Waals surface area (Å²) in [5.74, 6) is 1.32. The third-order valence-electron chi connectivity index (χ3n) is 9.86. The summed E-state index contributed by atoms with van der Waals surface area (Å²) in [6.45, 7) is 7.04. The van der Waals surface area contributed by atoms with E-state index in [9.17, 15) is 5.11 Å². The molecule has 0 aliphatic carbocycles. The summed E-state index contributed by atoms with van der Waals surface area (Å²) in [4.78, 5) is 5.12. The molecular formula is C29H52N2O3. The van der Waals surface area contributed by atoms with Crippen LogP contribution in [0.5, 0.6) is 0 Å². The highest BCUT2D eigenvalue weighted by atomic mass is 16.5. The summed E-state index contributed by atoms with van der Waals surface area (Å²) in [5.41, 5.74) is -0.649. The Morgan fingerprint density at radius 1 is 0.676 bits per heavy atom. The number of nitrogens with zero attached hydrogens (tertiary/aromatic N) is 2. The zero-order valence-electron chi connectivity index (χ0n) is 22.0. The summed E-state index contributed by atoms with van der Waals surface area (Å²) in [7, 11) is 0. The van der Waals surface area contributed by atoms with Gasteiger partial charge in [0.25, 0.3) is 0 Å². The third-order valence-corrected chi connectivity index (χ3v) is 9.86. The number of fused-ring (bicyclic) bond motifs is 2. The lowest BCUT2D eigenvalue weighted by Crippen LogP contribution is -2.63. The van der Waals surface area contributed by atoms with Crippen LogP contribution < -0.4 is 0 Å². The van der Waals surface area contributed by atoms with Gasteiger partial charge in [-0.3, -0.25) is 9.80 Å². The molecule has 5 rings (SSSR count). The van der Waals surface area contributed by atoms with Crippen LogP contribution in [0.3, 0.4) is 0 Å². The van der Waals surface area contributed by atoms with Gasteiger partial charge in [-0.15, -0.1) is 0 Å². The van der Waals surface area contributed by atoms with Crippen LogP contribution in [0.25, 0.3) is 0 Å². The molecule has 5 aliphatic rings. The summed E-state index contributed by atoms with van der Waals surface area (Å²) in [6, 6.07) is 0. The van der Waals surface area contributed by atoms with Gasteiger partial charge in [-0.05, 0) is 69.6 Å². The van der Waals surface area contributed by atoms with Gasteiger partial charge in [0.15, 0.2) is 0 Å². The molecule has 5 heteroatoms. The maximum Gasteiger partial charge on any atom is 0.140 e. The maximum atomic E-state index is 11.7. The fourth-order valence-electron chi connectivity index (χ4n) is 7.85. The Hall–Kier alpha value is -0.200. The van der Waals surface area contributed by atoms with Crippen molar-refractivity contribution in [1.29, 1.82) is 0 Å². The smallest absolute Gasteiger partial charge is 0.140 e. The number of hydrogen-bond acceptors (Lipinski definition) is 5. The first kappa shape index (κ1) is 25.4. The molecule has 5 aliphatic heterocycles. The molecule has 5 saturated heterocycles. The van der Waals surface area contributed by atoms with E-state index in [1.54, 1.807) is 0 Å². The predicted molar refractivity (Wildman–Crippen MR) is 137 cm³/mol. The van der Waals surface area contributed by atoms with Gasteiger partial charge in [-0.1, -0.05) is 58.3 Å². The van der Waals surface area contributed by atoms with Crippen LogP contribution in [0.1, 0.15) is 116 Å². The van der Waals surface area contributed by atoms with Crippen LogP contribution >= 0.6 is 0 Å². The highest BCUT2D eigenvalue weighted by molar-refractivity contribution is 4.96. The Bertz CT molecular complexity index is 632. The molecule has 0 aromatic rings. The van der Waals surface area contributed by atoms with Crippen LogP contribution in [0.2, 0.25) is 0 Å². The van der Waals surface area contributed by atoms with Crippen molar-refractivity contribution in [3.63, 3.8) is 0 Å². The molecule has 196 valence electrons. The summed E-state index contributed by atoms with van der Waals surface area (Å²) < 4.78 is 13.4. The van der Waals surface area contributed by atoms with Crippen molar-refractivity contribution in [3.8, 4) is 0 Å². The molecule has 1 N–H and O–H groups in total. The zero-order chi connectivity index (χ0) is 23.4. The third kappa shape index (κ3) is 6.02. The number of hydrogen-bond donors (Lipinski definition) is 1. The monoisotopic (exact) mass is 476 g/mol. The van der Waals surface area contributed by atoms with E-state index in [-0.39, 0.29) is 6.23 Å². The van der Waals surface area contributed by atoms with E-state index in [1.807, 2.05) is 0 Å². The lowest BCUT2D eigenvalue weighted by atomic mass is 9.83. The quantitative estimate of drug-likeness (QED) is 0.486. The van der Waals surface area contributed by atoms with Gasteiger partial charge in [0, 0.05) is 26.2 Å². The molecule has 4 bridgehead atoms. The fraction of sp³-hybridized carbons (Fsp3) is 1.00. The molecule has 0 aromatic heterocycles. The van der Waals surface area contributed by atoms with E-state index in [4.69, 9.17) is 9.47 Å². The van der Waals surface area contributed by atoms with Gasteiger partial charge in [-0.25, -0.2) is 0 Å². The average Bonchev–Trinajstić information content (AvgIpc) is 2.83. The molecule has 0 saturated carbocycles. The highest BCUT2D eigenvalue weighted by Crippen LogP contribution is 2.39. The van der Waals surface area contributed by atoms with Gasteiger partial charge in [0.2, 0.25) is 0 Å². The molecule has 0 aromatic carbocycles. The van der Waals surface area contributed by atoms with Crippen LogP contribution in [0.15, 0.2) is 0 Å². The summed E-state index contributed by atoms with van der Waals surface area (Å²) in [5, 5.41) is 11.7. The average molecular weight is 477 g/mol. The first-order chi connectivity index (χ1) is 16.6. The van der Waals surface area contributed by atoms with Gasteiger partial charge < -0.3 is 14.6 Å². The van der Waals surface area contributed by atoms with Crippen LogP contribution in [0, 0.1) is 11.8 Å². The second-order valence-electron chi connectivity index (χ2n) is 12.5. The Morgan fingerprint density at radius 3 is 2.26 bits per heavy atom. The van der Waals surface area contributed by atoms with Crippen molar-refractivity contribution in [1.82, 2.24) is 9.80 Å². The van der Waals surface area contributed by atoms with Crippen molar-refractivity contribution < 1.29 is 14.6 Å². The molecule has 5 heterocycles. The Labute approximate surface area is 208 Å². The first-order valence-electron chi connectivity index (χ1n) is 15.1. The minimum absolute atomic E-state index is 0.0742. The molecule has 34 heavy (non-hydrogen) atoms. The number of aliphatic hydroxyl groups is 1. The van der Waals surface area contributed by atoms with E-state index >= 15 is 0 Å². The standard InChI is InChI=1S/C29H52N2O3/c1-23-22-31-20-11-18-29(32)17-9-5-4-7-14-25-16-21-30-19-10-13-24(27(30)33-25)12-6-2-3-8-15-26(23)34-28(29)31/h23-28,32H,2-22H2,1H3/t23-,24-,25+,26+,27-,28-,29+/m1/s1. The van der Waals surface area contributed by atoms with Gasteiger partial charge in [-0.2, -0.15) is 0 Å². The van der Waals surface area contributed by atoms with Crippen LogP contribution in [0.4, 0.5) is 0 Å². The Kier molecular flexibility index (Phi) is 8.91. The maximum absolute atomic E-state index is 11.7. The van der Waals surface area contributed by atoms with E-state index in [2.05, 4.69) is 16.7 Å². The molecule has 0 amide bonds. The van der Waals surface area contributed by atoms with E-state index in [0.29, 0.717) is 24.4 Å². The molecule has 0 radical (unpaired) electrons. The second kappa shape index (κ2) is 11.9. The minimum Gasteiger partial charge on any atom is -0.386 e.